The van der Waals surface area contributed by atoms with Gasteiger partial charge in [-0.1, -0.05) is 0 Å². The molecule has 0 aliphatic heterocycles. The molecule has 0 unspecified atom stereocenters. The van der Waals surface area contributed by atoms with Crippen LogP contribution in [0.25, 0.3) is 0 Å². The summed E-state index contributed by atoms with van der Waals surface area (Å²) in [6, 6.07) is 0.156. The molecule has 0 radical (unpaired) electrons. The molecule has 0 aromatic carbocycles. The average molecular weight is 289 g/mol. The van der Waals surface area contributed by atoms with Gasteiger partial charge in [0.15, 0.2) is 0 Å². The van der Waals surface area contributed by atoms with Gasteiger partial charge in [-0.25, -0.2) is 17.4 Å². The van der Waals surface area contributed by atoms with Crippen LogP contribution in [0.15, 0.2) is 0 Å². The van der Waals surface area contributed by atoms with Crippen molar-refractivity contribution in [3.8, 4) is 0 Å². The highest BCUT2D eigenvalue weighted by Crippen LogP contribution is 2.25. The molecule has 0 bridgehead atoms. The van der Waals surface area contributed by atoms with Crippen LogP contribution in [0.2, 0.25) is 0 Å². The summed E-state index contributed by atoms with van der Waals surface area (Å²) in [5.74, 6) is 0.698. The number of rotatable bonds is 6. The second-order valence-corrected chi connectivity index (χ2v) is 7.21. The van der Waals surface area contributed by atoms with Crippen LogP contribution >= 0.6 is 0 Å². The summed E-state index contributed by atoms with van der Waals surface area (Å²) in [6.07, 6.45) is 0. The molecule has 3 N–H and O–H groups in total. The molecule has 0 atom stereocenters. The molecule has 0 amide bonds. The van der Waals surface area contributed by atoms with Gasteiger partial charge in [0.25, 0.3) is 0 Å². The number of hydrogen-bond acceptors (Lipinski definition) is 5. The summed E-state index contributed by atoms with van der Waals surface area (Å²) in [5, 5.41) is 7.39. The van der Waals surface area contributed by atoms with Crippen molar-refractivity contribution in [3.05, 3.63) is 5.69 Å². The van der Waals surface area contributed by atoms with E-state index in [1.54, 1.807) is 4.68 Å². The normalized spacial score (nSPS) is 12.4. The standard InChI is InChI=1S/C11H23N5O2S/c1-8(2)16-11(10(12)9(3)14-16)13-6-7-19(17,18)15(4)5/h8,13H,6-7,12H2,1-5H3. The number of aromatic nitrogens is 2. The summed E-state index contributed by atoms with van der Waals surface area (Å²) in [6.45, 7) is 6.11. The van der Waals surface area contributed by atoms with E-state index in [1.807, 2.05) is 20.8 Å². The number of nitrogens with one attached hydrogen (secondary N) is 1. The van der Waals surface area contributed by atoms with Gasteiger partial charge < -0.3 is 11.1 Å². The SMILES string of the molecule is Cc1nn(C(C)C)c(NCCS(=O)(=O)N(C)C)c1N. The first-order valence-electron chi connectivity index (χ1n) is 6.15. The zero-order chi connectivity index (χ0) is 14.8. The summed E-state index contributed by atoms with van der Waals surface area (Å²) < 4.78 is 26.3. The fourth-order valence-electron chi connectivity index (χ4n) is 1.59. The fourth-order valence-corrected chi connectivity index (χ4v) is 2.32. The Kier molecular flexibility index (Phi) is 4.81. The van der Waals surface area contributed by atoms with E-state index in [4.69, 9.17) is 5.73 Å². The van der Waals surface area contributed by atoms with Crippen LogP contribution in [0.4, 0.5) is 11.5 Å². The van der Waals surface area contributed by atoms with Crippen molar-refractivity contribution in [1.29, 1.82) is 0 Å². The highest BCUT2D eigenvalue weighted by Gasteiger charge is 2.17. The number of anilines is 2. The summed E-state index contributed by atoms with van der Waals surface area (Å²) >= 11 is 0. The molecular weight excluding hydrogens is 266 g/mol. The summed E-state index contributed by atoms with van der Waals surface area (Å²) in [4.78, 5) is 0. The lowest BCUT2D eigenvalue weighted by Crippen LogP contribution is -2.29. The minimum Gasteiger partial charge on any atom is -0.394 e. The van der Waals surface area contributed by atoms with Crippen molar-refractivity contribution in [2.75, 3.05) is 37.4 Å². The Balaban J connectivity index is 2.79. The monoisotopic (exact) mass is 289 g/mol. The lowest BCUT2D eigenvalue weighted by molar-refractivity contribution is 0.520. The maximum atomic E-state index is 11.7. The van der Waals surface area contributed by atoms with E-state index in [0.29, 0.717) is 18.1 Å². The third-order valence-electron chi connectivity index (χ3n) is 2.83. The molecule has 1 rings (SSSR count). The molecule has 0 saturated heterocycles. The highest BCUT2D eigenvalue weighted by atomic mass is 32.2. The first kappa shape index (κ1) is 15.8. The Bertz CT molecular complexity index is 534. The van der Waals surface area contributed by atoms with Gasteiger partial charge in [0.05, 0.1) is 17.1 Å². The molecule has 0 fully saturated rings. The van der Waals surface area contributed by atoms with Crippen LogP contribution in [0, 0.1) is 6.92 Å². The maximum Gasteiger partial charge on any atom is 0.215 e. The third kappa shape index (κ3) is 3.60. The molecule has 0 spiro atoms. The van der Waals surface area contributed by atoms with Crippen LogP contribution in [-0.4, -0.2) is 48.9 Å². The van der Waals surface area contributed by atoms with E-state index in [9.17, 15) is 8.42 Å². The Morgan fingerprint density at radius 3 is 2.47 bits per heavy atom. The minimum absolute atomic E-state index is 0.0156. The zero-order valence-electron chi connectivity index (χ0n) is 12.1. The number of nitrogens with zero attached hydrogens (tertiary/aromatic N) is 3. The van der Waals surface area contributed by atoms with Gasteiger partial charge in [-0.3, -0.25) is 0 Å². The molecule has 8 heteroatoms. The quantitative estimate of drug-likeness (QED) is 0.802. The van der Waals surface area contributed by atoms with E-state index in [0.717, 1.165) is 5.69 Å². The summed E-state index contributed by atoms with van der Waals surface area (Å²) in [7, 11) is -0.167. The number of aryl methyl sites for hydroxylation is 1. The third-order valence-corrected chi connectivity index (χ3v) is 4.66. The predicted molar refractivity (Wildman–Crippen MR) is 77.7 cm³/mol. The van der Waals surface area contributed by atoms with Crippen LogP contribution in [0.5, 0.6) is 0 Å². The van der Waals surface area contributed by atoms with E-state index < -0.39 is 10.0 Å². The highest BCUT2D eigenvalue weighted by molar-refractivity contribution is 7.89. The van der Waals surface area contributed by atoms with Crippen molar-refractivity contribution in [1.82, 2.24) is 14.1 Å². The smallest absolute Gasteiger partial charge is 0.215 e. The molecule has 7 nitrogen and oxygen atoms in total. The Labute approximate surface area is 114 Å². The molecular formula is C11H23N5O2S. The van der Waals surface area contributed by atoms with Crippen molar-refractivity contribution in [2.45, 2.75) is 26.8 Å². The van der Waals surface area contributed by atoms with Crippen molar-refractivity contribution < 1.29 is 8.42 Å². The maximum absolute atomic E-state index is 11.7. The van der Waals surface area contributed by atoms with Gasteiger partial charge in [0, 0.05) is 26.7 Å². The molecule has 0 aliphatic carbocycles. The van der Waals surface area contributed by atoms with E-state index >= 15 is 0 Å². The molecule has 1 aromatic rings. The second-order valence-electron chi connectivity index (χ2n) is 4.91. The Morgan fingerprint density at radius 1 is 1.42 bits per heavy atom. The van der Waals surface area contributed by atoms with Gasteiger partial charge in [0.2, 0.25) is 10.0 Å². The summed E-state index contributed by atoms with van der Waals surface area (Å²) in [5.41, 5.74) is 7.25. The Morgan fingerprint density at radius 2 is 2.00 bits per heavy atom. The average Bonchev–Trinajstić information content (AvgIpc) is 2.57. The largest absolute Gasteiger partial charge is 0.394 e. The van der Waals surface area contributed by atoms with Gasteiger partial charge in [-0.2, -0.15) is 5.10 Å². The van der Waals surface area contributed by atoms with E-state index in [-0.39, 0.29) is 11.8 Å². The van der Waals surface area contributed by atoms with Crippen LogP contribution in [0.1, 0.15) is 25.6 Å². The second kappa shape index (κ2) is 5.79. The van der Waals surface area contributed by atoms with E-state index in [1.165, 1.54) is 18.4 Å². The van der Waals surface area contributed by atoms with Crippen LogP contribution in [-0.2, 0) is 10.0 Å². The van der Waals surface area contributed by atoms with Gasteiger partial charge in [-0.05, 0) is 20.8 Å². The molecule has 1 heterocycles. The van der Waals surface area contributed by atoms with Gasteiger partial charge >= 0.3 is 0 Å². The number of nitrogens with two attached hydrogens (primary N) is 1. The molecule has 110 valence electrons. The minimum atomic E-state index is -3.21. The first-order chi connectivity index (χ1) is 8.66. The lowest BCUT2D eigenvalue weighted by atomic mass is 10.3. The lowest BCUT2D eigenvalue weighted by Gasteiger charge is -2.15. The Hall–Kier alpha value is -1.28. The van der Waals surface area contributed by atoms with Crippen LogP contribution in [0.3, 0.4) is 0 Å². The molecule has 0 saturated carbocycles. The molecule has 0 aliphatic rings. The molecule has 19 heavy (non-hydrogen) atoms. The fraction of sp³-hybridized carbons (Fsp3) is 0.727. The number of sulfonamides is 1. The number of hydrogen-bond donors (Lipinski definition) is 2. The predicted octanol–water partition coefficient (Wildman–Crippen LogP) is 0.658. The van der Waals surface area contributed by atoms with Gasteiger partial charge in [-0.15, -0.1) is 0 Å². The van der Waals surface area contributed by atoms with Crippen molar-refractivity contribution in [3.63, 3.8) is 0 Å². The molecule has 1 aromatic heterocycles. The van der Waals surface area contributed by atoms with Crippen LogP contribution < -0.4 is 11.1 Å². The van der Waals surface area contributed by atoms with Crippen molar-refractivity contribution in [2.24, 2.45) is 0 Å². The van der Waals surface area contributed by atoms with Gasteiger partial charge in [0.1, 0.15) is 5.82 Å². The topological polar surface area (TPSA) is 93.2 Å². The number of nitrogen functional groups attached to an aromatic ring is 1. The first-order valence-corrected chi connectivity index (χ1v) is 7.76. The zero-order valence-corrected chi connectivity index (χ0v) is 13.0. The van der Waals surface area contributed by atoms with Crippen molar-refractivity contribution >= 4 is 21.5 Å². The van der Waals surface area contributed by atoms with E-state index in [2.05, 4.69) is 10.4 Å².